The van der Waals surface area contributed by atoms with E-state index in [1.54, 1.807) is 43.0 Å². The molecule has 200 valence electrons. The van der Waals surface area contributed by atoms with Crippen LogP contribution in [0.3, 0.4) is 0 Å². The predicted molar refractivity (Wildman–Crippen MR) is 142 cm³/mol. The average Bonchev–Trinajstić information content (AvgIpc) is 3.49. The molecule has 0 aliphatic carbocycles. The second-order valence-electron chi connectivity index (χ2n) is 9.49. The lowest BCUT2D eigenvalue weighted by atomic mass is 10.0. The fourth-order valence-corrected chi connectivity index (χ4v) is 4.54. The molecule has 0 bridgehead atoms. The van der Waals surface area contributed by atoms with Crippen molar-refractivity contribution >= 4 is 23.5 Å². The molecule has 0 saturated heterocycles. The topological polar surface area (TPSA) is 125 Å². The maximum Gasteiger partial charge on any atom is 0.273 e. The smallest absolute Gasteiger partial charge is 0.273 e. The summed E-state index contributed by atoms with van der Waals surface area (Å²) in [6, 6.07) is 12.7. The summed E-state index contributed by atoms with van der Waals surface area (Å²) in [7, 11) is 1.76. The summed E-state index contributed by atoms with van der Waals surface area (Å²) >= 11 is 0. The Kier molecular flexibility index (Phi) is 7.07. The molecule has 1 aliphatic rings. The van der Waals surface area contributed by atoms with E-state index in [-0.39, 0.29) is 30.1 Å². The van der Waals surface area contributed by atoms with E-state index in [9.17, 15) is 19.1 Å². The molecule has 0 fully saturated rings. The zero-order valence-corrected chi connectivity index (χ0v) is 21.7. The van der Waals surface area contributed by atoms with E-state index in [1.165, 1.54) is 11.0 Å². The second-order valence-corrected chi connectivity index (χ2v) is 9.49. The molecule has 4 heterocycles. The van der Waals surface area contributed by atoms with Gasteiger partial charge in [0.15, 0.2) is 5.82 Å². The van der Waals surface area contributed by atoms with Crippen LogP contribution < -0.4 is 10.6 Å². The van der Waals surface area contributed by atoms with Crippen LogP contribution >= 0.6 is 0 Å². The lowest BCUT2D eigenvalue weighted by molar-refractivity contribution is -0.126. The van der Waals surface area contributed by atoms with Gasteiger partial charge in [0.1, 0.15) is 23.4 Å². The Balaban J connectivity index is 1.34. The van der Waals surface area contributed by atoms with Crippen molar-refractivity contribution in [3.05, 3.63) is 89.1 Å². The molecule has 4 aromatic rings. The molecule has 0 spiro atoms. The zero-order chi connectivity index (χ0) is 27.7. The third-order valence-electron chi connectivity index (χ3n) is 6.78. The number of rotatable bonds is 8. The van der Waals surface area contributed by atoms with Gasteiger partial charge in [-0.3, -0.25) is 14.3 Å². The van der Waals surface area contributed by atoms with Gasteiger partial charge in [-0.05, 0) is 31.5 Å². The highest BCUT2D eigenvalue weighted by atomic mass is 19.1. The Morgan fingerprint density at radius 3 is 2.74 bits per heavy atom. The molecule has 11 heteroatoms. The summed E-state index contributed by atoms with van der Waals surface area (Å²) in [5, 5.41) is 19.9. The van der Waals surface area contributed by atoms with Crippen molar-refractivity contribution in [2.75, 3.05) is 11.9 Å². The first-order valence-electron chi connectivity index (χ1n) is 12.4. The number of nitrogens with zero attached hydrogens (tertiary/aromatic N) is 5. The van der Waals surface area contributed by atoms with Gasteiger partial charge in [-0.25, -0.2) is 14.4 Å². The number of pyridine rings is 2. The van der Waals surface area contributed by atoms with Gasteiger partial charge in [0.2, 0.25) is 5.91 Å². The molecule has 1 aliphatic heterocycles. The molecule has 2 atom stereocenters. The predicted octanol–water partition coefficient (Wildman–Crippen LogP) is 3.26. The molecule has 0 radical (unpaired) electrons. The summed E-state index contributed by atoms with van der Waals surface area (Å²) in [6.45, 7) is 3.47. The third-order valence-corrected chi connectivity index (χ3v) is 6.78. The summed E-state index contributed by atoms with van der Waals surface area (Å²) in [5.74, 6) is -0.343. The van der Waals surface area contributed by atoms with E-state index in [1.807, 2.05) is 31.2 Å². The summed E-state index contributed by atoms with van der Waals surface area (Å²) in [4.78, 5) is 36.4. The first-order chi connectivity index (χ1) is 18.7. The van der Waals surface area contributed by atoms with Gasteiger partial charge in [-0.15, -0.1) is 0 Å². The molecule has 10 nitrogen and oxygen atoms in total. The first-order valence-corrected chi connectivity index (χ1v) is 12.4. The van der Waals surface area contributed by atoms with Crippen molar-refractivity contribution in [3.63, 3.8) is 0 Å². The second kappa shape index (κ2) is 10.6. The van der Waals surface area contributed by atoms with E-state index in [0.29, 0.717) is 17.2 Å². The van der Waals surface area contributed by atoms with E-state index in [2.05, 4.69) is 25.7 Å². The van der Waals surface area contributed by atoms with E-state index in [0.717, 1.165) is 17.3 Å². The van der Waals surface area contributed by atoms with Crippen LogP contribution in [-0.2, 0) is 18.4 Å². The maximum absolute atomic E-state index is 14.8. The minimum absolute atomic E-state index is 0.168. The monoisotopic (exact) mass is 529 g/mol. The average molecular weight is 530 g/mol. The number of halogens is 1. The Labute approximate surface area is 224 Å². The first kappa shape index (κ1) is 26.0. The van der Waals surface area contributed by atoms with E-state index >= 15 is 0 Å². The van der Waals surface area contributed by atoms with Crippen LogP contribution in [0.25, 0.3) is 11.3 Å². The molecule has 0 unspecified atom stereocenters. The van der Waals surface area contributed by atoms with Gasteiger partial charge in [-0.1, -0.05) is 35.9 Å². The van der Waals surface area contributed by atoms with E-state index in [4.69, 9.17) is 0 Å². The molecule has 0 saturated carbocycles. The number of anilines is 2. The highest BCUT2D eigenvalue weighted by Gasteiger charge is 2.36. The Morgan fingerprint density at radius 2 is 2.03 bits per heavy atom. The molecule has 2 amide bonds. The van der Waals surface area contributed by atoms with Gasteiger partial charge in [0.05, 0.1) is 30.7 Å². The standard InChI is InChI=1S/C28H28FN7O3/c1-16-5-4-6-18(11-16)23(15-37)33-27(38)17(2)36-14-19-7-8-22(32-26(19)28(36)39)20-12-24(30-13-21(20)29)34-25-9-10-31-35(25)3/h4-13,17,23,37H,14-15H2,1-3H3,(H,30,34)(H,33,38)/t17-,23-/m1/s1. The molecule has 3 aromatic heterocycles. The molecular weight excluding hydrogens is 501 g/mol. The van der Waals surface area contributed by atoms with Crippen molar-refractivity contribution in [2.45, 2.75) is 32.5 Å². The van der Waals surface area contributed by atoms with Gasteiger partial charge >= 0.3 is 0 Å². The largest absolute Gasteiger partial charge is 0.394 e. The van der Waals surface area contributed by atoms with Crippen LogP contribution in [0.1, 0.15) is 40.1 Å². The van der Waals surface area contributed by atoms with Gasteiger partial charge in [0, 0.05) is 30.8 Å². The number of aliphatic hydroxyl groups excluding tert-OH is 1. The number of carbonyl (C=O) groups excluding carboxylic acids is 2. The minimum Gasteiger partial charge on any atom is -0.394 e. The lowest BCUT2D eigenvalue weighted by Crippen LogP contribution is -2.46. The minimum atomic E-state index is -0.818. The number of aromatic nitrogens is 4. The Morgan fingerprint density at radius 1 is 1.21 bits per heavy atom. The number of amides is 2. The Bertz CT molecular complexity index is 1550. The zero-order valence-electron chi connectivity index (χ0n) is 21.7. The number of hydrogen-bond donors (Lipinski definition) is 3. The number of aryl methyl sites for hydroxylation is 2. The van der Waals surface area contributed by atoms with Crippen LogP contribution in [-0.4, -0.2) is 54.2 Å². The number of fused-ring (bicyclic) bond motifs is 1. The van der Waals surface area contributed by atoms with E-state index < -0.39 is 29.7 Å². The summed E-state index contributed by atoms with van der Waals surface area (Å²) in [5.41, 5.74) is 3.04. The van der Waals surface area contributed by atoms with Crippen molar-refractivity contribution < 1.29 is 19.1 Å². The highest BCUT2D eigenvalue weighted by Crippen LogP contribution is 2.30. The quantitative estimate of drug-likeness (QED) is 0.320. The van der Waals surface area contributed by atoms with Crippen LogP contribution in [0.15, 0.2) is 60.9 Å². The summed E-state index contributed by atoms with van der Waals surface area (Å²) < 4.78 is 16.4. The van der Waals surface area contributed by atoms with Crippen LogP contribution in [0.2, 0.25) is 0 Å². The van der Waals surface area contributed by atoms with Crippen LogP contribution in [0.4, 0.5) is 16.0 Å². The van der Waals surface area contributed by atoms with Crippen molar-refractivity contribution in [1.82, 2.24) is 30.0 Å². The van der Waals surface area contributed by atoms with Crippen LogP contribution in [0.5, 0.6) is 0 Å². The Hall–Kier alpha value is -4.64. The number of nitrogens with one attached hydrogen (secondary N) is 2. The summed E-state index contributed by atoms with van der Waals surface area (Å²) in [6.07, 6.45) is 2.72. The maximum atomic E-state index is 14.8. The van der Waals surface area contributed by atoms with Gasteiger partial charge < -0.3 is 20.6 Å². The van der Waals surface area contributed by atoms with Gasteiger partial charge in [-0.2, -0.15) is 5.10 Å². The van der Waals surface area contributed by atoms with Crippen molar-refractivity contribution in [2.24, 2.45) is 7.05 Å². The normalized spacial score (nSPS) is 14.2. The molecule has 5 rings (SSSR count). The van der Waals surface area contributed by atoms with Crippen LogP contribution in [0, 0.1) is 12.7 Å². The number of benzene rings is 1. The van der Waals surface area contributed by atoms with Crippen molar-refractivity contribution in [3.8, 4) is 11.3 Å². The number of hydrogen-bond acceptors (Lipinski definition) is 7. The molecule has 1 aromatic carbocycles. The molecule has 39 heavy (non-hydrogen) atoms. The fourth-order valence-electron chi connectivity index (χ4n) is 4.54. The molecular formula is C28H28FN7O3. The third kappa shape index (κ3) is 5.21. The number of carbonyl (C=O) groups is 2. The SMILES string of the molecule is Cc1cccc([C@@H](CO)NC(=O)[C@@H](C)N2Cc3ccc(-c4cc(Nc5ccnn5C)ncc4F)nc3C2=O)c1. The fraction of sp³-hybridized carbons (Fsp3) is 0.250. The number of aliphatic hydroxyl groups is 1. The van der Waals surface area contributed by atoms with Gasteiger partial charge in [0.25, 0.3) is 5.91 Å². The lowest BCUT2D eigenvalue weighted by Gasteiger charge is -2.26. The molecule has 3 N–H and O–H groups in total. The van der Waals surface area contributed by atoms with Crippen molar-refractivity contribution in [1.29, 1.82) is 0 Å². The highest BCUT2D eigenvalue weighted by molar-refractivity contribution is 6.00.